The van der Waals surface area contributed by atoms with Crippen LogP contribution in [0.15, 0.2) is 59.5 Å². The first-order valence-electron chi connectivity index (χ1n) is 9.37. The van der Waals surface area contributed by atoms with E-state index in [2.05, 4.69) is 34.0 Å². The Bertz CT molecular complexity index is 1150. The number of hydrogen-bond donors (Lipinski definition) is 2. The first-order valence-corrected chi connectivity index (χ1v) is 9.37. The molecule has 28 heavy (non-hydrogen) atoms. The number of likely N-dealkylation sites (N-methyl/N-ethyl adjacent to an activating group) is 1. The highest BCUT2D eigenvalue weighted by atomic mass is 16.1. The maximum atomic E-state index is 12.2. The summed E-state index contributed by atoms with van der Waals surface area (Å²) >= 11 is 0. The number of aryl methyl sites for hydroxylation is 1. The summed E-state index contributed by atoms with van der Waals surface area (Å²) in [6, 6.07) is 15.7. The van der Waals surface area contributed by atoms with Gasteiger partial charge in [0.2, 0.25) is 5.95 Å². The van der Waals surface area contributed by atoms with Crippen LogP contribution in [0.1, 0.15) is 22.6 Å². The van der Waals surface area contributed by atoms with Gasteiger partial charge in [0.1, 0.15) is 0 Å². The molecule has 0 radical (unpaired) electrons. The first-order chi connectivity index (χ1) is 13.6. The summed E-state index contributed by atoms with van der Waals surface area (Å²) < 4.78 is 0. The van der Waals surface area contributed by atoms with Crippen LogP contribution in [0, 0.1) is 6.92 Å². The maximum absolute atomic E-state index is 12.2. The molecular weight excluding hydrogens is 350 g/mol. The Balaban J connectivity index is 1.56. The van der Waals surface area contributed by atoms with Gasteiger partial charge in [0.25, 0.3) is 5.56 Å². The van der Waals surface area contributed by atoms with Gasteiger partial charge in [0.05, 0.1) is 5.69 Å². The second-order valence-corrected chi connectivity index (χ2v) is 7.00. The van der Waals surface area contributed by atoms with Crippen molar-refractivity contribution in [1.82, 2.24) is 19.9 Å². The predicted molar refractivity (Wildman–Crippen MR) is 112 cm³/mol. The third-order valence-corrected chi connectivity index (χ3v) is 4.96. The Morgan fingerprint density at radius 1 is 1.04 bits per heavy atom. The van der Waals surface area contributed by atoms with Gasteiger partial charge in [-0.1, -0.05) is 24.3 Å². The Morgan fingerprint density at radius 3 is 2.68 bits per heavy atom. The number of nitrogens with zero attached hydrogens (tertiary/aromatic N) is 3. The Morgan fingerprint density at radius 2 is 1.86 bits per heavy atom. The summed E-state index contributed by atoms with van der Waals surface area (Å²) in [7, 11) is 1.93. The van der Waals surface area contributed by atoms with Crippen molar-refractivity contribution in [2.24, 2.45) is 0 Å². The Kier molecular flexibility index (Phi) is 4.93. The van der Waals surface area contributed by atoms with Gasteiger partial charge < -0.3 is 9.88 Å². The quantitative estimate of drug-likeness (QED) is 0.544. The summed E-state index contributed by atoms with van der Waals surface area (Å²) in [6.45, 7) is 2.78. The second kappa shape index (κ2) is 7.68. The molecule has 0 aliphatic carbocycles. The van der Waals surface area contributed by atoms with Crippen molar-refractivity contribution < 1.29 is 0 Å². The van der Waals surface area contributed by atoms with E-state index in [9.17, 15) is 4.79 Å². The average molecular weight is 373 g/mol. The number of H-pyrrole nitrogens is 2. The second-order valence-electron chi connectivity index (χ2n) is 7.00. The zero-order valence-corrected chi connectivity index (χ0v) is 16.1. The lowest BCUT2D eigenvalue weighted by Gasteiger charge is -2.18. The molecule has 0 aliphatic heterocycles. The van der Waals surface area contributed by atoms with Crippen molar-refractivity contribution in [3.63, 3.8) is 0 Å². The van der Waals surface area contributed by atoms with Crippen LogP contribution < -0.4 is 10.5 Å². The lowest BCUT2D eigenvalue weighted by Crippen LogP contribution is -2.26. The van der Waals surface area contributed by atoms with Crippen LogP contribution in [0.4, 0.5) is 5.95 Å². The number of anilines is 1. The Hall–Kier alpha value is -3.41. The highest BCUT2D eigenvalue weighted by Crippen LogP contribution is 2.24. The molecule has 3 heterocycles. The molecule has 6 heteroatoms. The summed E-state index contributed by atoms with van der Waals surface area (Å²) in [5.74, 6) is 0.580. The molecule has 0 fully saturated rings. The number of para-hydroxylation sites is 1. The van der Waals surface area contributed by atoms with Crippen LogP contribution in [0.5, 0.6) is 0 Å². The number of fused-ring (bicyclic) bond motifs is 1. The molecule has 0 saturated carbocycles. The molecule has 142 valence electrons. The van der Waals surface area contributed by atoms with Crippen molar-refractivity contribution in [2.75, 3.05) is 18.5 Å². The number of aromatic nitrogens is 4. The van der Waals surface area contributed by atoms with Crippen LogP contribution in [0.2, 0.25) is 0 Å². The number of pyridine rings is 1. The lowest BCUT2D eigenvalue weighted by atomic mass is 10.1. The van der Waals surface area contributed by atoms with E-state index in [-0.39, 0.29) is 5.56 Å². The minimum atomic E-state index is -0.137. The fraction of sp³-hybridized carbons (Fsp3) is 0.227. The fourth-order valence-electron chi connectivity index (χ4n) is 3.44. The molecule has 0 spiro atoms. The predicted octanol–water partition coefficient (Wildman–Crippen LogP) is 3.22. The van der Waals surface area contributed by atoms with Gasteiger partial charge >= 0.3 is 0 Å². The molecule has 4 rings (SSSR count). The highest BCUT2D eigenvalue weighted by molar-refractivity contribution is 5.84. The number of nitrogens with one attached hydrogen (secondary N) is 2. The van der Waals surface area contributed by atoms with E-state index < -0.39 is 0 Å². The number of aromatic amines is 2. The molecule has 0 saturated heterocycles. The van der Waals surface area contributed by atoms with E-state index in [4.69, 9.17) is 4.98 Å². The first kappa shape index (κ1) is 18.0. The number of hydrogen-bond acceptors (Lipinski definition) is 4. The van der Waals surface area contributed by atoms with E-state index in [1.54, 1.807) is 12.3 Å². The molecule has 6 nitrogen and oxygen atoms in total. The highest BCUT2D eigenvalue weighted by Gasteiger charge is 2.12. The SMILES string of the molecule is Cc1[nH]c2ccccc2c1Cc1cc(=O)[nH]c(N(C)CCc2ccccn2)n1. The molecule has 1 aromatic carbocycles. The molecule has 0 atom stereocenters. The topological polar surface area (TPSA) is 77.7 Å². The molecule has 4 aromatic rings. The van der Waals surface area contributed by atoms with E-state index in [1.807, 2.05) is 42.3 Å². The van der Waals surface area contributed by atoms with Gasteiger partial charge in [-0.3, -0.25) is 14.8 Å². The van der Waals surface area contributed by atoms with Crippen LogP contribution in [-0.2, 0) is 12.8 Å². The zero-order chi connectivity index (χ0) is 19.5. The monoisotopic (exact) mass is 373 g/mol. The zero-order valence-electron chi connectivity index (χ0n) is 16.1. The van der Waals surface area contributed by atoms with Gasteiger partial charge in [0, 0.05) is 61.0 Å². The van der Waals surface area contributed by atoms with E-state index in [0.29, 0.717) is 12.4 Å². The molecule has 0 aliphatic rings. The lowest BCUT2D eigenvalue weighted by molar-refractivity contribution is 0.809. The summed E-state index contributed by atoms with van der Waals surface area (Å²) in [5, 5.41) is 1.17. The summed E-state index contributed by atoms with van der Waals surface area (Å²) in [6.07, 6.45) is 3.19. The number of benzene rings is 1. The van der Waals surface area contributed by atoms with Gasteiger partial charge in [-0.05, 0) is 30.7 Å². The minimum absolute atomic E-state index is 0.137. The van der Waals surface area contributed by atoms with Gasteiger partial charge in [-0.25, -0.2) is 4.98 Å². The van der Waals surface area contributed by atoms with E-state index >= 15 is 0 Å². The Labute approximate surface area is 163 Å². The van der Waals surface area contributed by atoms with Crippen LogP contribution in [0.25, 0.3) is 10.9 Å². The normalized spacial score (nSPS) is 11.1. The number of rotatable bonds is 6. The summed E-state index contributed by atoms with van der Waals surface area (Å²) in [4.78, 5) is 29.5. The van der Waals surface area contributed by atoms with Gasteiger partial charge in [-0.15, -0.1) is 0 Å². The third kappa shape index (κ3) is 3.81. The van der Waals surface area contributed by atoms with Gasteiger partial charge in [0.15, 0.2) is 0 Å². The molecule has 0 bridgehead atoms. The fourth-order valence-corrected chi connectivity index (χ4v) is 3.44. The smallest absolute Gasteiger partial charge is 0.252 e. The largest absolute Gasteiger partial charge is 0.358 e. The van der Waals surface area contributed by atoms with Crippen molar-refractivity contribution >= 4 is 16.9 Å². The molecule has 0 amide bonds. The molecule has 0 unspecified atom stereocenters. The van der Waals surface area contributed by atoms with Crippen molar-refractivity contribution in [1.29, 1.82) is 0 Å². The van der Waals surface area contributed by atoms with Crippen LogP contribution in [0.3, 0.4) is 0 Å². The molecule has 2 N–H and O–H groups in total. The van der Waals surface area contributed by atoms with Crippen LogP contribution in [-0.4, -0.2) is 33.5 Å². The molecule has 3 aromatic heterocycles. The van der Waals surface area contributed by atoms with Crippen molar-refractivity contribution in [2.45, 2.75) is 19.8 Å². The van der Waals surface area contributed by atoms with E-state index in [1.165, 1.54) is 10.9 Å². The van der Waals surface area contributed by atoms with Crippen molar-refractivity contribution in [3.8, 4) is 0 Å². The van der Waals surface area contributed by atoms with E-state index in [0.717, 1.165) is 35.6 Å². The van der Waals surface area contributed by atoms with Gasteiger partial charge in [-0.2, -0.15) is 0 Å². The standard InChI is InChI=1S/C22H23N5O/c1-15-19(18-8-3-4-9-20(18)24-15)13-17-14-21(28)26-22(25-17)27(2)12-10-16-7-5-6-11-23-16/h3-9,11,14,24H,10,12-13H2,1-2H3,(H,25,26,28). The molecular formula is C22H23N5O. The maximum Gasteiger partial charge on any atom is 0.252 e. The van der Waals surface area contributed by atoms with Crippen LogP contribution >= 0.6 is 0 Å². The average Bonchev–Trinajstić information content (AvgIpc) is 3.02. The minimum Gasteiger partial charge on any atom is -0.358 e. The van der Waals surface area contributed by atoms with Crippen molar-refractivity contribution in [3.05, 3.63) is 87.7 Å². The third-order valence-electron chi connectivity index (χ3n) is 4.96. The summed E-state index contributed by atoms with van der Waals surface area (Å²) in [5.41, 5.74) is 5.03.